The molecule has 0 aromatic heterocycles. The van der Waals surface area contributed by atoms with Crippen LogP contribution in [-0.4, -0.2) is 12.6 Å². The Bertz CT molecular complexity index is 273. The van der Waals surface area contributed by atoms with Gasteiger partial charge in [0.2, 0.25) is 0 Å². The van der Waals surface area contributed by atoms with Crippen LogP contribution in [0.3, 0.4) is 0 Å². The van der Waals surface area contributed by atoms with E-state index in [2.05, 4.69) is 42.6 Å². The summed E-state index contributed by atoms with van der Waals surface area (Å²) in [7, 11) is 0. The van der Waals surface area contributed by atoms with Crippen LogP contribution >= 0.6 is 0 Å². The largest absolute Gasteiger partial charge is 0.314 e. The molecular formula is C14H21N. The summed E-state index contributed by atoms with van der Waals surface area (Å²) in [6.07, 6.45) is 5.38. The Labute approximate surface area is 92.9 Å². The highest BCUT2D eigenvalue weighted by molar-refractivity contribution is 5.20. The molecule has 1 fully saturated rings. The van der Waals surface area contributed by atoms with Gasteiger partial charge < -0.3 is 5.32 Å². The molecule has 15 heavy (non-hydrogen) atoms. The van der Waals surface area contributed by atoms with Gasteiger partial charge in [0.1, 0.15) is 0 Å². The lowest BCUT2D eigenvalue weighted by molar-refractivity contribution is 0.348. The van der Waals surface area contributed by atoms with Crippen LogP contribution in [0.2, 0.25) is 0 Å². The van der Waals surface area contributed by atoms with Gasteiger partial charge in [0.25, 0.3) is 0 Å². The molecule has 0 aliphatic heterocycles. The van der Waals surface area contributed by atoms with E-state index in [1.807, 2.05) is 0 Å². The second kappa shape index (κ2) is 5.32. The van der Waals surface area contributed by atoms with E-state index in [1.54, 1.807) is 0 Å². The van der Waals surface area contributed by atoms with Gasteiger partial charge in [-0.25, -0.2) is 0 Å². The van der Waals surface area contributed by atoms with Crippen molar-refractivity contribution in [2.75, 3.05) is 6.54 Å². The highest BCUT2D eigenvalue weighted by Crippen LogP contribution is 2.32. The number of hydrogen-bond acceptors (Lipinski definition) is 1. The number of rotatable bonds is 3. The lowest BCUT2D eigenvalue weighted by Crippen LogP contribution is -2.32. The average Bonchev–Trinajstić information content (AvgIpc) is 2.32. The van der Waals surface area contributed by atoms with Gasteiger partial charge in [0.15, 0.2) is 0 Å². The fourth-order valence-corrected chi connectivity index (χ4v) is 2.64. The van der Waals surface area contributed by atoms with Gasteiger partial charge in [-0.3, -0.25) is 0 Å². The van der Waals surface area contributed by atoms with Crippen molar-refractivity contribution in [3.8, 4) is 0 Å². The van der Waals surface area contributed by atoms with Crippen molar-refractivity contribution in [3.63, 3.8) is 0 Å². The maximum absolute atomic E-state index is 3.56. The summed E-state index contributed by atoms with van der Waals surface area (Å²) in [6.45, 7) is 3.31. The molecular weight excluding hydrogens is 182 g/mol. The van der Waals surface area contributed by atoms with Crippen molar-refractivity contribution in [1.82, 2.24) is 5.32 Å². The van der Waals surface area contributed by atoms with Crippen LogP contribution in [0, 0.1) is 0 Å². The molecule has 1 nitrogen and oxygen atoms in total. The van der Waals surface area contributed by atoms with Crippen LogP contribution in [0.25, 0.3) is 0 Å². The normalized spacial score (nSPS) is 26.5. The molecule has 0 heterocycles. The molecule has 1 saturated carbocycles. The lowest BCUT2D eigenvalue weighted by atomic mass is 9.82. The van der Waals surface area contributed by atoms with Gasteiger partial charge in [-0.2, -0.15) is 0 Å². The van der Waals surface area contributed by atoms with E-state index in [4.69, 9.17) is 0 Å². The Hall–Kier alpha value is -0.820. The number of hydrogen-bond donors (Lipinski definition) is 1. The van der Waals surface area contributed by atoms with E-state index in [1.165, 1.54) is 31.2 Å². The SMILES string of the molecule is CCNC1CCC(c2ccccc2)CC1. The second-order valence-electron chi connectivity index (χ2n) is 4.52. The minimum atomic E-state index is 0.773. The van der Waals surface area contributed by atoms with Crippen LogP contribution in [0.1, 0.15) is 44.1 Å². The van der Waals surface area contributed by atoms with Gasteiger partial charge in [-0.15, -0.1) is 0 Å². The predicted octanol–water partition coefficient (Wildman–Crippen LogP) is 3.32. The summed E-state index contributed by atoms with van der Waals surface area (Å²) in [5, 5.41) is 3.56. The molecule has 0 atom stereocenters. The Balaban J connectivity index is 1.88. The Morgan fingerprint density at radius 2 is 1.73 bits per heavy atom. The molecule has 0 saturated heterocycles. The first-order valence-electron chi connectivity index (χ1n) is 6.18. The van der Waals surface area contributed by atoms with Crippen LogP contribution in [0.4, 0.5) is 0 Å². The van der Waals surface area contributed by atoms with E-state index in [0.717, 1.165) is 18.5 Å². The highest BCUT2D eigenvalue weighted by atomic mass is 14.9. The molecule has 2 rings (SSSR count). The van der Waals surface area contributed by atoms with Crippen molar-refractivity contribution in [2.24, 2.45) is 0 Å². The molecule has 1 aliphatic rings. The van der Waals surface area contributed by atoms with Gasteiger partial charge >= 0.3 is 0 Å². The summed E-state index contributed by atoms with van der Waals surface area (Å²) in [5.41, 5.74) is 1.53. The second-order valence-corrected chi connectivity index (χ2v) is 4.52. The van der Waals surface area contributed by atoms with Crippen molar-refractivity contribution in [3.05, 3.63) is 35.9 Å². The molecule has 1 N–H and O–H groups in total. The monoisotopic (exact) mass is 203 g/mol. The minimum Gasteiger partial charge on any atom is -0.314 e. The summed E-state index contributed by atoms with van der Waals surface area (Å²) in [6, 6.07) is 11.7. The summed E-state index contributed by atoms with van der Waals surface area (Å²) >= 11 is 0. The van der Waals surface area contributed by atoms with Crippen LogP contribution in [0.15, 0.2) is 30.3 Å². The zero-order valence-electron chi connectivity index (χ0n) is 9.58. The smallest absolute Gasteiger partial charge is 0.00673 e. The first-order valence-corrected chi connectivity index (χ1v) is 6.18. The summed E-state index contributed by atoms with van der Waals surface area (Å²) in [5.74, 6) is 0.807. The number of nitrogens with one attached hydrogen (secondary N) is 1. The van der Waals surface area contributed by atoms with Crippen LogP contribution in [-0.2, 0) is 0 Å². The van der Waals surface area contributed by atoms with Crippen molar-refractivity contribution >= 4 is 0 Å². The maximum Gasteiger partial charge on any atom is 0.00673 e. The van der Waals surface area contributed by atoms with Crippen LogP contribution < -0.4 is 5.32 Å². The van der Waals surface area contributed by atoms with Gasteiger partial charge in [-0.1, -0.05) is 37.3 Å². The zero-order chi connectivity index (χ0) is 10.5. The lowest BCUT2D eigenvalue weighted by Gasteiger charge is -2.29. The molecule has 0 amide bonds. The van der Waals surface area contributed by atoms with E-state index in [-0.39, 0.29) is 0 Å². The Kier molecular flexibility index (Phi) is 3.79. The summed E-state index contributed by atoms with van der Waals surface area (Å²) < 4.78 is 0. The van der Waals surface area contributed by atoms with E-state index in [9.17, 15) is 0 Å². The van der Waals surface area contributed by atoms with Crippen molar-refractivity contribution in [1.29, 1.82) is 0 Å². The molecule has 1 aliphatic carbocycles. The molecule has 1 aromatic rings. The molecule has 1 heteroatoms. The summed E-state index contributed by atoms with van der Waals surface area (Å²) in [4.78, 5) is 0. The van der Waals surface area contributed by atoms with Gasteiger partial charge in [0, 0.05) is 6.04 Å². The average molecular weight is 203 g/mol. The molecule has 1 aromatic carbocycles. The third-order valence-electron chi connectivity index (χ3n) is 3.49. The van der Waals surface area contributed by atoms with E-state index < -0.39 is 0 Å². The minimum absolute atomic E-state index is 0.773. The maximum atomic E-state index is 3.56. The predicted molar refractivity (Wildman–Crippen MR) is 65.1 cm³/mol. The third kappa shape index (κ3) is 2.82. The Morgan fingerprint density at radius 1 is 1.07 bits per heavy atom. The third-order valence-corrected chi connectivity index (χ3v) is 3.49. The van der Waals surface area contributed by atoms with E-state index in [0.29, 0.717) is 0 Å². The molecule has 0 spiro atoms. The topological polar surface area (TPSA) is 12.0 Å². The van der Waals surface area contributed by atoms with Crippen LogP contribution in [0.5, 0.6) is 0 Å². The quantitative estimate of drug-likeness (QED) is 0.794. The number of benzene rings is 1. The highest BCUT2D eigenvalue weighted by Gasteiger charge is 2.21. The molecule has 0 unspecified atom stereocenters. The fourth-order valence-electron chi connectivity index (χ4n) is 2.64. The van der Waals surface area contributed by atoms with Crippen molar-refractivity contribution in [2.45, 2.75) is 44.6 Å². The van der Waals surface area contributed by atoms with Gasteiger partial charge in [0.05, 0.1) is 0 Å². The fraction of sp³-hybridized carbons (Fsp3) is 0.571. The standard InChI is InChI=1S/C14H21N/c1-2-15-14-10-8-13(9-11-14)12-6-4-3-5-7-12/h3-7,13-15H,2,8-11H2,1H3. The zero-order valence-corrected chi connectivity index (χ0v) is 9.58. The first kappa shape index (κ1) is 10.7. The van der Waals surface area contributed by atoms with Gasteiger partial charge in [-0.05, 0) is 43.7 Å². The van der Waals surface area contributed by atoms with E-state index >= 15 is 0 Å². The molecule has 0 bridgehead atoms. The molecule has 82 valence electrons. The molecule has 0 radical (unpaired) electrons. The first-order chi connectivity index (χ1) is 7.40. The Morgan fingerprint density at radius 3 is 2.33 bits per heavy atom. The van der Waals surface area contributed by atoms with Crippen molar-refractivity contribution < 1.29 is 0 Å².